The van der Waals surface area contributed by atoms with Crippen LogP contribution in [0.4, 0.5) is 4.79 Å². The number of carboxylic acid groups (broad SMARTS) is 1. The second-order valence-electron chi connectivity index (χ2n) is 10.1. The molecule has 2 aliphatic rings. The molecule has 0 heterocycles. The van der Waals surface area contributed by atoms with Crippen LogP contribution in [0.5, 0.6) is 0 Å². The summed E-state index contributed by atoms with van der Waals surface area (Å²) in [5, 5.41) is 15.0. The van der Waals surface area contributed by atoms with Gasteiger partial charge < -0.3 is 25.2 Å². The molecule has 0 aliphatic heterocycles. The first-order chi connectivity index (χ1) is 18.9. The number of carboxylic acids is 1. The Morgan fingerprint density at radius 1 is 0.923 bits per heavy atom. The van der Waals surface area contributed by atoms with Gasteiger partial charge in [-0.25, -0.2) is 9.59 Å². The molecular formula is C31H32N2O6. The molecule has 2 amide bonds. The van der Waals surface area contributed by atoms with Crippen molar-refractivity contribution in [3.63, 3.8) is 0 Å². The molecule has 0 aromatic heterocycles. The summed E-state index contributed by atoms with van der Waals surface area (Å²) in [4.78, 5) is 37.0. The van der Waals surface area contributed by atoms with Gasteiger partial charge in [0.15, 0.2) is 6.04 Å². The number of ether oxygens (including phenoxy) is 2. The number of amides is 2. The molecule has 0 radical (unpaired) electrons. The molecule has 0 unspecified atom stereocenters. The van der Waals surface area contributed by atoms with E-state index in [1.807, 2.05) is 54.6 Å². The number of nitrogens with one attached hydrogen (secondary N) is 2. The minimum atomic E-state index is -1.17. The summed E-state index contributed by atoms with van der Waals surface area (Å²) in [5.74, 6) is -1.96. The molecule has 1 fully saturated rings. The van der Waals surface area contributed by atoms with E-state index in [-0.39, 0.29) is 43.4 Å². The Balaban J connectivity index is 1.06. The second-order valence-corrected chi connectivity index (χ2v) is 10.1. The third kappa shape index (κ3) is 6.12. The fraction of sp³-hybridized carbons (Fsp3) is 0.323. The average Bonchev–Trinajstić information content (AvgIpc) is 3.67. The Bertz CT molecular complexity index is 1300. The average molecular weight is 529 g/mol. The molecule has 8 nitrogen and oxygen atoms in total. The van der Waals surface area contributed by atoms with E-state index in [1.54, 1.807) is 6.92 Å². The number of carbonyl (C=O) groups is 3. The Kier molecular flexibility index (Phi) is 7.93. The van der Waals surface area contributed by atoms with Crippen LogP contribution >= 0.6 is 0 Å². The van der Waals surface area contributed by atoms with Crippen LogP contribution in [0.25, 0.3) is 11.1 Å². The van der Waals surface area contributed by atoms with Gasteiger partial charge >= 0.3 is 12.1 Å². The van der Waals surface area contributed by atoms with Gasteiger partial charge in [-0.2, -0.15) is 0 Å². The number of fused-ring (bicyclic) bond motifs is 3. The number of alkyl carbamates (subject to hydrolysis) is 1. The molecule has 3 N–H and O–H groups in total. The lowest BCUT2D eigenvalue weighted by Crippen LogP contribution is -2.49. The first-order valence-corrected chi connectivity index (χ1v) is 13.2. The maximum Gasteiger partial charge on any atom is 0.407 e. The zero-order valence-corrected chi connectivity index (χ0v) is 21.7. The zero-order chi connectivity index (χ0) is 27.4. The van der Waals surface area contributed by atoms with Gasteiger partial charge in [0.1, 0.15) is 6.61 Å². The van der Waals surface area contributed by atoms with Gasteiger partial charge in [0.25, 0.3) is 0 Å². The van der Waals surface area contributed by atoms with Gasteiger partial charge in [-0.15, -0.1) is 0 Å². The van der Waals surface area contributed by atoms with E-state index in [9.17, 15) is 19.5 Å². The van der Waals surface area contributed by atoms with Gasteiger partial charge in [0.05, 0.1) is 12.7 Å². The smallest absolute Gasteiger partial charge is 0.407 e. The third-order valence-electron chi connectivity index (χ3n) is 7.50. The van der Waals surface area contributed by atoms with E-state index in [0.29, 0.717) is 6.42 Å². The van der Waals surface area contributed by atoms with E-state index in [4.69, 9.17) is 9.47 Å². The molecule has 0 bridgehead atoms. The van der Waals surface area contributed by atoms with E-state index in [0.717, 1.165) is 27.8 Å². The number of carbonyl (C=O) groups excluding carboxylic acids is 2. The van der Waals surface area contributed by atoms with Crippen molar-refractivity contribution < 1.29 is 29.0 Å². The van der Waals surface area contributed by atoms with E-state index < -0.39 is 24.2 Å². The predicted octanol–water partition coefficient (Wildman–Crippen LogP) is 4.34. The number of hydrogen-bond donors (Lipinski definition) is 3. The van der Waals surface area contributed by atoms with Crippen molar-refractivity contribution in [3.05, 3.63) is 95.6 Å². The Morgan fingerprint density at radius 3 is 2.18 bits per heavy atom. The van der Waals surface area contributed by atoms with Crippen molar-refractivity contribution in [1.29, 1.82) is 0 Å². The van der Waals surface area contributed by atoms with Gasteiger partial charge in [0, 0.05) is 18.4 Å². The molecule has 3 aromatic rings. The maximum absolute atomic E-state index is 12.7. The fourth-order valence-electron chi connectivity index (χ4n) is 5.20. The molecule has 3 aromatic carbocycles. The predicted molar refractivity (Wildman–Crippen MR) is 145 cm³/mol. The van der Waals surface area contributed by atoms with Crippen molar-refractivity contribution in [2.24, 2.45) is 11.8 Å². The van der Waals surface area contributed by atoms with Crippen LogP contribution in [-0.2, 0) is 25.7 Å². The van der Waals surface area contributed by atoms with Crippen LogP contribution in [0.1, 0.15) is 36.0 Å². The highest BCUT2D eigenvalue weighted by atomic mass is 16.5. The SMILES string of the molecule is C[C@H](OCc1ccccc1)[C@@H](NC(=O)[C@@H]1C[C@@H]1CNC(=O)OCC1c2ccccc2-c2ccccc21)C(=O)O. The molecule has 0 spiro atoms. The van der Waals surface area contributed by atoms with Crippen LogP contribution < -0.4 is 10.6 Å². The zero-order valence-electron chi connectivity index (χ0n) is 21.7. The fourth-order valence-corrected chi connectivity index (χ4v) is 5.20. The van der Waals surface area contributed by atoms with Crippen molar-refractivity contribution >= 4 is 18.0 Å². The molecular weight excluding hydrogens is 496 g/mol. The monoisotopic (exact) mass is 528 g/mol. The largest absolute Gasteiger partial charge is 0.480 e. The Hall–Kier alpha value is -4.17. The molecule has 8 heteroatoms. The van der Waals surface area contributed by atoms with Crippen LogP contribution in [0, 0.1) is 11.8 Å². The molecule has 4 atom stereocenters. The lowest BCUT2D eigenvalue weighted by atomic mass is 9.98. The summed E-state index contributed by atoms with van der Waals surface area (Å²) in [6, 6.07) is 24.5. The Morgan fingerprint density at radius 2 is 1.54 bits per heavy atom. The van der Waals surface area contributed by atoms with Crippen LogP contribution in [0.3, 0.4) is 0 Å². The van der Waals surface area contributed by atoms with Gasteiger partial charge in [0.2, 0.25) is 5.91 Å². The molecule has 1 saturated carbocycles. The molecule has 202 valence electrons. The van der Waals surface area contributed by atoms with E-state index >= 15 is 0 Å². The minimum absolute atomic E-state index is 0.0262. The highest BCUT2D eigenvalue weighted by Gasteiger charge is 2.44. The van der Waals surface area contributed by atoms with Crippen LogP contribution in [0.2, 0.25) is 0 Å². The van der Waals surface area contributed by atoms with Crippen LogP contribution in [0.15, 0.2) is 78.9 Å². The van der Waals surface area contributed by atoms with Crippen molar-refractivity contribution in [2.75, 3.05) is 13.2 Å². The van der Waals surface area contributed by atoms with Crippen molar-refractivity contribution in [1.82, 2.24) is 10.6 Å². The topological polar surface area (TPSA) is 114 Å². The normalized spacial score (nSPS) is 18.8. The highest BCUT2D eigenvalue weighted by Crippen LogP contribution is 2.44. The number of hydrogen-bond acceptors (Lipinski definition) is 5. The molecule has 0 saturated heterocycles. The molecule has 39 heavy (non-hydrogen) atoms. The third-order valence-corrected chi connectivity index (χ3v) is 7.50. The Labute approximate surface area is 227 Å². The number of rotatable bonds is 11. The highest BCUT2D eigenvalue weighted by molar-refractivity contribution is 5.87. The molecule has 2 aliphatic carbocycles. The van der Waals surface area contributed by atoms with E-state index in [1.165, 1.54) is 0 Å². The summed E-state index contributed by atoms with van der Waals surface area (Å²) < 4.78 is 11.3. The minimum Gasteiger partial charge on any atom is -0.480 e. The van der Waals surface area contributed by atoms with Crippen LogP contribution in [-0.4, -0.2) is 48.4 Å². The summed E-state index contributed by atoms with van der Waals surface area (Å²) in [6.07, 6.45) is -0.682. The standard InChI is InChI=1S/C31H32N2O6/c1-19(38-17-20-9-3-2-4-10-20)28(30(35)36)33-29(34)26-15-21(26)16-32-31(37)39-18-27-24-13-7-5-11-22(24)23-12-6-8-14-25(23)27/h2-14,19,21,26-28H,15-18H2,1H3,(H,32,37)(H,33,34)(H,35,36)/t19-,21+,26+,28+/m0/s1. The first-order valence-electron chi connectivity index (χ1n) is 13.2. The molecule has 5 rings (SSSR count). The van der Waals surface area contributed by atoms with Crippen molar-refractivity contribution in [3.8, 4) is 11.1 Å². The van der Waals surface area contributed by atoms with E-state index in [2.05, 4.69) is 34.9 Å². The summed E-state index contributed by atoms with van der Waals surface area (Å²) >= 11 is 0. The summed E-state index contributed by atoms with van der Waals surface area (Å²) in [6.45, 7) is 2.38. The van der Waals surface area contributed by atoms with Gasteiger partial charge in [-0.05, 0) is 47.1 Å². The second kappa shape index (κ2) is 11.7. The van der Waals surface area contributed by atoms with Gasteiger partial charge in [-0.1, -0.05) is 78.9 Å². The first kappa shape index (κ1) is 26.4. The summed E-state index contributed by atoms with van der Waals surface area (Å²) in [5.41, 5.74) is 5.52. The quantitative estimate of drug-likeness (QED) is 0.341. The number of benzene rings is 3. The summed E-state index contributed by atoms with van der Waals surface area (Å²) in [7, 11) is 0. The number of aliphatic carboxylic acids is 1. The lowest BCUT2D eigenvalue weighted by molar-refractivity contribution is -0.146. The lowest BCUT2D eigenvalue weighted by Gasteiger charge is -2.22. The maximum atomic E-state index is 12.7. The van der Waals surface area contributed by atoms with Crippen molar-refractivity contribution in [2.45, 2.75) is 38.0 Å². The van der Waals surface area contributed by atoms with Gasteiger partial charge in [-0.3, -0.25) is 4.79 Å².